The van der Waals surface area contributed by atoms with Gasteiger partial charge in [0.15, 0.2) is 0 Å². The van der Waals surface area contributed by atoms with Gasteiger partial charge in [-0.1, -0.05) is 12.0 Å². The molecule has 0 aromatic heterocycles. The minimum absolute atomic E-state index is 0.0359. The molecule has 0 saturated heterocycles. The molecule has 0 aliphatic carbocycles. The summed E-state index contributed by atoms with van der Waals surface area (Å²) in [6.07, 6.45) is 5.37. The number of halogens is 3. The molecular formula is C19H15F3N2O2S. The Morgan fingerprint density at radius 1 is 1.19 bits per heavy atom. The van der Waals surface area contributed by atoms with Crippen molar-refractivity contribution < 1.29 is 22.8 Å². The molecule has 0 heterocycles. The molecule has 0 aliphatic rings. The van der Waals surface area contributed by atoms with E-state index < -0.39 is 17.3 Å². The molecule has 0 radical (unpaired) electrons. The van der Waals surface area contributed by atoms with Crippen molar-refractivity contribution in [2.75, 3.05) is 18.5 Å². The van der Waals surface area contributed by atoms with E-state index in [1.54, 1.807) is 24.3 Å². The fourth-order valence-electron chi connectivity index (χ4n) is 2.22. The summed E-state index contributed by atoms with van der Waals surface area (Å²) in [6, 6.07) is 11.5. The van der Waals surface area contributed by atoms with E-state index in [4.69, 9.17) is 6.42 Å². The average molecular weight is 392 g/mol. The van der Waals surface area contributed by atoms with E-state index in [-0.39, 0.29) is 28.8 Å². The van der Waals surface area contributed by atoms with Gasteiger partial charge in [0.2, 0.25) is 5.91 Å². The van der Waals surface area contributed by atoms with E-state index >= 15 is 0 Å². The van der Waals surface area contributed by atoms with Crippen LogP contribution in [0, 0.1) is 12.3 Å². The number of rotatable bonds is 5. The van der Waals surface area contributed by atoms with Gasteiger partial charge in [-0.15, -0.1) is 6.42 Å². The van der Waals surface area contributed by atoms with E-state index in [0.717, 1.165) is 0 Å². The number of amides is 2. The minimum atomic E-state index is -4.41. The highest BCUT2D eigenvalue weighted by Gasteiger charge is 2.29. The predicted octanol–water partition coefficient (Wildman–Crippen LogP) is 3.67. The molecule has 8 heteroatoms. The second kappa shape index (κ2) is 8.64. The van der Waals surface area contributed by atoms with Crippen molar-refractivity contribution in [3.8, 4) is 12.3 Å². The van der Waals surface area contributed by atoms with Crippen molar-refractivity contribution in [3.63, 3.8) is 0 Å². The summed E-state index contributed by atoms with van der Waals surface area (Å²) in [7, 11) is 1.44. The maximum Gasteiger partial charge on any atom is 0.446 e. The molecule has 140 valence electrons. The zero-order chi connectivity index (χ0) is 20.0. The summed E-state index contributed by atoms with van der Waals surface area (Å²) in [5.41, 5.74) is -3.32. The summed E-state index contributed by atoms with van der Waals surface area (Å²) in [6.45, 7) is -0.261. The third-order valence-electron chi connectivity index (χ3n) is 3.49. The number of terminal acetylenes is 1. The summed E-state index contributed by atoms with van der Waals surface area (Å²) in [4.78, 5) is 25.9. The van der Waals surface area contributed by atoms with Gasteiger partial charge in [0, 0.05) is 28.8 Å². The summed E-state index contributed by atoms with van der Waals surface area (Å²) < 4.78 is 37.3. The van der Waals surface area contributed by atoms with Crippen LogP contribution in [0.25, 0.3) is 0 Å². The first-order valence-electron chi connectivity index (χ1n) is 7.68. The van der Waals surface area contributed by atoms with Crippen molar-refractivity contribution in [2.24, 2.45) is 0 Å². The Morgan fingerprint density at radius 2 is 1.85 bits per heavy atom. The normalized spacial score (nSPS) is 10.8. The molecule has 4 nitrogen and oxygen atoms in total. The van der Waals surface area contributed by atoms with Gasteiger partial charge in [-0.2, -0.15) is 13.2 Å². The Bertz CT molecular complexity index is 874. The molecule has 0 bridgehead atoms. The van der Waals surface area contributed by atoms with Crippen LogP contribution in [0.15, 0.2) is 53.4 Å². The number of nitrogens with zero attached hydrogens (tertiary/aromatic N) is 1. The molecule has 1 N–H and O–H groups in total. The van der Waals surface area contributed by atoms with Gasteiger partial charge in [0.25, 0.3) is 5.91 Å². The topological polar surface area (TPSA) is 49.4 Å². The quantitative estimate of drug-likeness (QED) is 0.624. The molecule has 0 saturated carbocycles. The van der Waals surface area contributed by atoms with E-state index in [1.807, 2.05) is 0 Å². The summed E-state index contributed by atoms with van der Waals surface area (Å²) in [5, 5.41) is 2.43. The summed E-state index contributed by atoms with van der Waals surface area (Å²) in [5.74, 6) is 1.51. The van der Waals surface area contributed by atoms with Crippen molar-refractivity contribution >= 4 is 29.3 Å². The number of hydrogen-bond acceptors (Lipinski definition) is 3. The van der Waals surface area contributed by atoms with Gasteiger partial charge in [0.1, 0.15) is 6.54 Å². The zero-order valence-electron chi connectivity index (χ0n) is 14.2. The van der Waals surface area contributed by atoms with Crippen molar-refractivity contribution in [2.45, 2.75) is 10.4 Å². The Balaban J connectivity index is 2.33. The Kier molecular flexibility index (Phi) is 6.53. The first-order chi connectivity index (χ1) is 12.7. The Labute approximate surface area is 158 Å². The lowest BCUT2D eigenvalue weighted by molar-refractivity contribution is -0.119. The predicted molar refractivity (Wildman–Crippen MR) is 98.5 cm³/mol. The molecule has 0 unspecified atom stereocenters. The number of carbonyl (C=O) groups excluding carboxylic acids is 2. The van der Waals surface area contributed by atoms with Gasteiger partial charge in [-0.25, -0.2) is 0 Å². The number of thioether (sulfide) groups is 1. The lowest BCUT2D eigenvalue weighted by Gasteiger charge is -2.22. The molecule has 0 fully saturated rings. The van der Waals surface area contributed by atoms with Crippen LogP contribution in [0.5, 0.6) is 0 Å². The van der Waals surface area contributed by atoms with Crippen LogP contribution in [0.4, 0.5) is 18.9 Å². The van der Waals surface area contributed by atoms with Crippen molar-refractivity contribution in [3.05, 3.63) is 59.7 Å². The zero-order valence-corrected chi connectivity index (χ0v) is 15.0. The number of likely N-dealkylation sites (N-methyl/N-ethyl adjacent to an activating group) is 1. The monoisotopic (exact) mass is 392 g/mol. The third-order valence-corrected chi connectivity index (χ3v) is 4.22. The Morgan fingerprint density at radius 3 is 2.41 bits per heavy atom. The van der Waals surface area contributed by atoms with Gasteiger partial charge in [-0.3, -0.25) is 14.5 Å². The number of hydrogen-bond donors (Lipinski definition) is 1. The molecule has 2 rings (SSSR count). The molecule has 2 amide bonds. The molecular weight excluding hydrogens is 377 g/mol. The fraction of sp³-hybridized carbons (Fsp3) is 0.158. The maximum absolute atomic E-state index is 12.9. The van der Waals surface area contributed by atoms with Crippen molar-refractivity contribution in [1.29, 1.82) is 0 Å². The highest BCUT2D eigenvalue weighted by Crippen LogP contribution is 2.36. The molecule has 2 aromatic carbocycles. The second-order valence-electron chi connectivity index (χ2n) is 5.33. The van der Waals surface area contributed by atoms with Crippen LogP contribution in [0.1, 0.15) is 15.9 Å². The van der Waals surface area contributed by atoms with Gasteiger partial charge in [0.05, 0.1) is 0 Å². The molecule has 2 aromatic rings. The fourth-order valence-corrected chi connectivity index (χ4v) is 2.76. The van der Waals surface area contributed by atoms with E-state index in [1.165, 1.54) is 36.2 Å². The SMILES string of the molecule is C#Cc1cccc(N(CC(=O)NC)C(=O)c2ccc(SC(F)(F)F)cc2)c1. The van der Waals surface area contributed by atoms with Crippen LogP contribution in [0.3, 0.4) is 0 Å². The van der Waals surface area contributed by atoms with Crippen LogP contribution >= 0.6 is 11.8 Å². The van der Waals surface area contributed by atoms with Crippen LogP contribution < -0.4 is 10.2 Å². The summed E-state index contributed by atoms with van der Waals surface area (Å²) >= 11 is -0.266. The van der Waals surface area contributed by atoms with Gasteiger partial charge in [-0.05, 0) is 54.2 Å². The molecule has 0 aliphatic heterocycles. The Hall–Kier alpha value is -2.92. The van der Waals surface area contributed by atoms with Crippen molar-refractivity contribution in [1.82, 2.24) is 5.32 Å². The maximum atomic E-state index is 12.9. The molecule has 27 heavy (non-hydrogen) atoms. The lowest BCUT2D eigenvalue weighted by atomic mass is 10.1. The van der Waals surface area contributed by atoms with Crippen LogP contribution in [0.2, 0.25) is 0 Å². The number of carbonyl (C=O) groups is 2. The number of alkyl halides is 3. The molecule has 0 atom stereocenters. The first kappa shape index (κ1) is 20.4. The smallest absolute Gasteiger partial charge is 0.358 e. The molecule has 0 spiro atoms. The second-order valence-corrected chi connectivity index (χ2v) is 6.47. The third kappa shape index (κ3) is 5.79. The minimum Gasteiger partial charge on any atom is -0.358 e. The average Bonchev–Trinajstić information content (AvgIpc) is 2.64. The van der Waals surface area contributed by atoms with E-state index in [9.17, 15) is 22.8 Å². The van der Waals surface area contributed by atoms with E-state index in [0.29, 0.717) is 11.3 Å². The highest BCUT2D eigenvalue weighted by atomic mass is 32.2. The highest BCUT2D eigenvalue weighted by molar-refractivity contribution is 8.00. The van der Waals surface area contributed by atoms with E-state index in [2.05, 4.69) is 11.2 Å². The number of anilines is 1. The standard InChI is InChI=1S/C19H15F3N2O2S/c1-3-13-5-4-6-15(11-13)24(12-17(25)23-2)18(26)14-7-9-16(10-8-14)27-19(20,21)22/h1,4-11H,12H2,2H3,(H,23,25). The van der Waals surface area contributed by atoms with Gasteiger partial charge >= 0.3 is 5.51 Å². The lowest BCUT2D eigenvalue weighted by Crippen LogP contribution is -2.39. The number of benzene rings is 2. The van der Waals surface area contributed by atoms with Crippen LogP contribution in [-0.2, 0) is 4.79 Å². The van der Waals surface area contributed by atoms with Crippen LogP contribution in [-0.4, -0.2) is 30.9 Å². The largest absolute Gasteiger partial charge is 0.446 e. The van der Waals surface area contributed by atoms with Gasteiger partial charge < -0.3 is 5.32 Å². The number of nitrogens with one attached hydrogen (secondary N) is 1. The first-order valence-corrected chi connectivity index (χ1v) is 8.50.